The molecule has 0 radical (unpaired) electrons. The van der Waals surface area contributed by atoms with E-state index >= 15 is 0 Å². The molecule has 0 aliphatic carbocycles. The lowest BCUT2D eigenvalue weighted by Gasteiger charge is -2.24. The Balaban J connectivity index is 1.51. The molecule has 2 aliphatic rings. The van der Waals surface area contributed by atoms with Gasteiger partial charge in [0.15, 0.2) is 5.11 Å². The SMILES string of the molecule is COc1ccc(/C(C)=N\NC(=S)NCC[NH+]2CCOCC2)cc1C[NH+]1CCCCC1. The molecular formula is C22H37N5O2S+2. The van der Waals surface area contributed by atoms with E-state index in [0.717, 1.165) is 63.0 Å². The van der Waals surface area contributed by atoms with E-state index in [9.17, 15) is 0 Å². The van der Waals surface area contributed by atoms with E-state index in [1.54, 1.807) is 16.9 Å². The number of thiocarbonyl (C=S) groups is 1. The Bertz CT molecular complexity index is 715. The number of morpholine rings is 1. The minimum absolute atomic E-state index is 0.563. The van der Waals surface area contributed by atoms with Gasteiger partial charge in [0.25, 0.3) is 0 Å². The third-order valence-electron chi connectivity index (χ3n) is 5.99. The monoisotopic (exact) mass is 435 g/mol. The summed E-state index contributed by atoms with van der Waals surface area (Å²) >= 11 is 5.38. The minimum Gasteiger partial charge on any atom is -0.496 e. The fourth-order valence-corrected chi connectivity index (χ4v) is 4.29. The number of likely N-dealkylation sites (tertiary alicyclic amines) is 1. The van der Waals surface area contributed by atoms with Crippen molar-refractivity contribution in [2.45, 2.75) is 32.7 Å². The third-order valence-corrected chi connectivity index (χ3v) is 6.22. The molecular weight excluding hydrogens is 398 g/mol. The highest BCUT2D eigenvalue weighted by atomic mass is 32.1. The molecule has 0 atom stereocenters. The molecule has 0 bridgehead atoms. The average Bonchev–Trinajstić information content (AvgIpc) is 2.79. The standard InChI is InChI=1S/C22H35N5O2S/c1-18(24-25-22(30)23-8-11-26-12-14-29-15-13-26)19-6-7-21(28-2)20(16-19)17-27-9-4-3-5-10-27/h6-7,16H,3-5,8-15,17H2,1-2H3,(H2,23,25,30)/p+2/b24-18-. The molecule has 0 saturated carbocycles. The van der Waals surface area contributed by atoms with Crippen LogP contribution < -0.4 is 25.3 Å². The molecule has 0 unspecified atom stereocenters. The summed E-state index contributed by atoms with van der Waals surface area (Å²) in [7, 11) is 1.75. The van der Waals surface area contributed by atoms with Gasteiger partial charge in [0.2, 0.25) is 0 Å². The maximum absolute atomic E-state index is 5.60. The lowest BCUT2D eigenvalue weighted by molar-refractivity contribution is -0.918. The van der Waals surface area contributed by atoms with Crippen LogP contribution in [0.25, 0.3) is 0 Å². The Kier molecular flexibility index (Phi) is 9.32. The summed E-state index contributed by atoms with van der Waals surface area (Å²) in [6.07, 6.45) is 4.00. The highest BCUT2D eigenvalue weighted by Crippen LogP contribution is 2.20. The van der Waals surface area contributed by atoms with Crippen molar-refractivity contribution < 1.29 is 19.3 Å². The molecule has 0 amide bonds. The van der Waals surface area contributed by atoms with E-state index in [4.69, 9.17) is 21.7 Å². The van der Waals surface area contributed by atoms with Gasteiger partial charge in [0.1, 0.15) is 25.4 Å². The van der Waals surface area contributed by atoms with Gasteiger partial charge < -0.3 is 24.6 Å². The van der Waals surface area contributed by atoms with Crippen molar-refractivity contribution in [3.8, 4) is 5.75 Å². The molecule has 30 heavy (non-hydrogen) atoms. The molecule has 8 heteroatoms. The van der Waals surface area contributed by atoms with Gasteiger partial charge in [-0.3, -0.25) is 5.43 Å². The molecule has 2 fully saturated rings. The van der Waals surface area contributed by atoms with E-state index < -0.39 is 0 Å². The number of nitrogens with one attached hydrogen (secondary N) is 4. The number of rotatable bonds is 8. The normalized spacial score (nSPS) is 18.8. The molecule has 2 aliphatic heterocycles. The van der Waals surface area contributed by atoms with Crippen LogP contribution in [0.3, 0.4) is 0 Å². The van der Waals surface area contributed by atoms with Gasteiger partial charge in [0.05, 0.1) is 52.2 Å². The smallest absolute Gasteiger partial charge is 0.187 e. The zero-order valence-electron chi connectivity index (χ0n) is 18.4. The van der Waals surface area contributed by atoms with Crippen LogP contribution in [0.5, 0.6) is 5.75 Å². The molecule has 3 rings (SSSR count). The van der Waals surface area contributed by atoms with Crippen LogP contribution in [0.15, 0.2) is 23.3 Å². The third kappa shape index (κ3) is 7.19. The van der Waals surface area contributed by atoms with Crippen molar-refractivity contribution >= 4 is 23.0 Å². The highest BCUT2D eigenvalue weighted by Gasteiger charge is 2.17. The lowest BCUT2D eigenvalue weighted by atomic mass is 10.0. The first kappa shape index (κ1) is 22.9. The highest BCUT2D eigenvalue weighted by molar-refractivity contribution is 7.80. The van der Waals surface area contributed by atoms with Crippen LogP contribution in [0.4, 0.5) is 0 Å². The van der Waals surface area contributed by atoms with Crippen LogP contribution in [0, 0.1) is 0 Å². The largest absolute Gasteiger partial charge is 0.496 e. The second-order valence-corrected chi connectivity index (χ2v) is 8.60. The summed E-state index contributed by atoms with van der Waals surface area (Å²) in [4.78, 5) is 3.19. The predicted octanol–water partition coefficient (Wildman–Crippen LogP) is -0.633. The maximum atomic E-state index is 5.60. The maximum Gasteiger partial charge on any atom is 0.187 e. The van der Waals surface area contributed by atoms with E-state index in [0.29, 0.717) is 5.11 Å². The summed E-state index contributed by atoms with van der Waals surface area (Å²) in [6.45, 7) is 11.2. The predicted molar refractivity (Wildman–Crippen MR) is 124 cm³/mol. The number of piperidine rings is 1. The van der Waals surface area contributed by atoms with Crippen LogP contribution in [0.2, 0.25) is 0 Å². The quantitative estimate of drug-likeness (QED) is 0.249. The number of nitrogens with zero attached hydrogens (tertiary/aromatic N) is 1. The molecule has 1 aromatic carbocycles. The first-order chi connectivity index (χ1) is 14.7. The van der Waals surface area contributed by atoms with Gasteiger partial charge in [-0.15, -0.1) is 0 Å². The summed E-state index contributed by atoms with van der Waals surface area (Å²) in [5.74, 6) is 0.959. The first-order valence-electron chi connectivity index (χ1n) is 11.2. The molecule has 1 aromatic rings. The van der Waals surface area contributed by atoms with Gasteiger partial charge >= 0.3 is 0 Å². The number of hydrogen-bond acceptors (Lipinski definition) is 4. The molecule has 166 valence electrons. The van der Waals surface area contributed by atoms with Crippen molar-refractivity contribution in [3.63, 3.8) is 0 Å². The van der Waals surface area contributed by atoms with E-state index in [2.05, 4.69) is 34.0 Å². The molecule has 0 spiro atoms. The summed E-state index contributed by atoms with van der Waals surface area (Å²) in [5, 5.41) is 8.30. The molecule has 4 N–H and O–H groups in total. The van der Waals surface area contributed by atoms with Crippen molar-refractivity contribution in [1.29, 1.82) is 0 Å². The number of hydrazone groups is 1. The number of hydrogen-bond donors (Lipinski definition) is 4. The van der Waals surface area contributed by atoms with Crippen molar-refractivity contribution in [2.75, 3.05) is 59.6 Å². The number of methoxy groups -OCH3 is 1. The fourth-order valence-electron chi connectivity index (χ4n) is 4.14. The Labute approximate surface area is 185 Å². The zero-order valence-corrected chi connectivity index (χ0v) is 19.2. The van der Waals surface area contributed by atoms with Gasteiger partial charge in [-0.1, -0.05) is 0 Å². The van der Waals surface area contributed by atoms with E-state index in [-0.39, 0.29) is 0 Å². The second-order valence-electron chi connectivity index (χ2n) is 8.19. The number of ether oxygens (including phenoxy) is 2. The van der Waals surface area contributed by atoms with Crippen LogP contribution in [0.1, 0.15) is 37.3 Å². The summed E-state index contributed by atoms with van der Waals surface area (Å²) in [5.41, 5.74) is 6.24. The zero-order chi connectivity index (χ0) is 21.2. The van der Waals surface area contributed by atoms with Crippen molar-refractivity contribution in [1.82, 2.24) is 10.7 Å². The second kappa shape index (κ2) is 12.2. The first-order valence-corrected chi connectivity index (χ1v) is 11.6. The van der Waals surface area contributed by atoms with Gasteiger partial charge in [-0.25, -0.2) is 0 Å². The van der Waals surface area contributed by atoms with Crippen LogP contribution in [-0.4, -0.2) is 70.4 Å². The summed E-state index contributed by atoms with van der Waals surface area (Å²) in [6, 6.07) is 6.32. The molecule has 2 heterocycles. The van der Waals surface area contributed by atoms with E-state index in [1.165, 1.54) is 37.9 Å². The Morgan fingerprint density at radius 1 is 1.13 bits per heavy atom. The number of quaternary nitrogens is 2. The number of benzene rings is 1. The van der Waals surface area contributed by atoms with Gasteiger partial charge in [-0.05, 0) is 62.2 Å². The average molecular weight is 436 g/mol. The Hall–Kier alpha value is -1.74. The van der Waals surface area contributed by atoms with Crippen molar-refractivity contribution in [3.05, 3.63) is 29.3 Å². The molecule has 2 saturated heterocycles. The minimum atomic E-state index is 0.563. The Morgan fingerprint density at radius 3 is 2.63 bits per heavy atom. The molecule has 0 aromatic heterocycles. The van der Waals surface area contributed by atoms with Gasteiger partial charge in [0, 0.05) is 5.56 Å². The van der Waals surface area contributed by atoms with Crippen LogP contribution >= 0.6 is 12.2 Å². The summed E-state index contributed by atoms with van der Waals surface area (Å²) < 4.78 is 11.0. The molecule has 7 nitrogen and oxygen atoms in total. The fraction of sp³-hybridized carbons (Fsp3) is 0.636. The van der Waals surface area contributed by atoms with Crippen LogP contribution in [-0.2, 0) is 11.3 Å². The Morgan fingerprint density at radius 2 is 1.90 bits per heavy atom. The van der Waals surface area contributed by atoms with E-state index in [1.807, 2.05) is 6.92 Å². The lowest BCUT2D eigenvalue weighted by Crippen LogP contribution is -3.14. The van der Waals surface area contributed by atoms with Crippen molar-refractivity contribution in [2.24, 2.45) is 5.10 Å². The van der Waals surface area contributed by atoms with Gasteiger partial charge in [-0.2, -0.15) is 5.10 Å². The topological polar surface area (TPSA) is 63.8 Å².